The number of carbonyl (C=O) groups excluding carboxylic acids is 3. The standard InChI is InChI=1S/C26H26FN3O3/c27-22-13-7-10-20(16-22)18-24(31)28-14-15-29-26(33)23(17-19-8-3-1-4-9-19)30-25(32)21-11-5-2-6-12-21/h1-13,16,23H,14-15,17-18H2,(H,28,31)(H,29,33)(H,30,32). The lowest BCUT2D eigenvalue weighted by atomic mass is 10.0. The number of rotatable bonds is 10. The summed E-state index contributed by atoms with van der Waals surface area (Å²) in [6.07, 6.45) is 0.382. The summed E-state index contributed by atoms with van der Waals surface area (Å²) in [7, 11) is 0. The lowest BCUT2D eigenvalue weighted by Crippen LogP contribution is -2.49. The molecule has 170 valence electrons. The van der Waals surface area contributed by atoms with Crippen LogP contribution in [0.1, 0.15) is 21.5 Å². The number of benzene rings is 3. The van der Waals surface area contributed by atoms with E-state index in [-0.39, 0.29) is 37.2 Å². The molecule has 6 nitrogen and oxygen atoms in total. The zero-order chi connectivity index (χ0) is 23.5. The van der Waals surface area contributed by atoms with Crippen molar-refractivity contribution in [1.82, 2.24) is 16.0 Å². The Morgan fingerprint density at radius 3 is 2.09 bits per heavy atom. The highest BCUT2D eigenvalue weighted by Crippen LogP contribution is 2.06. The second-order valence-corrected chi connectivity index (χ2v) is 7.53. The van der Waals surface area contributed by atoms with Crippen molar-refractivity contribution in [2.24, 2.45) is 0 Å². The Hall–Kier alpha value is -4.00. The largest absolute Gasteiger partial charge is 0.354 e. The molecular formula is C26H26FN3O3. The van der Waals surface area contributed by atoms with Gasteiger partial charge in [0.1, 0.15) is 11.9 Å². The number of hydrogen-bond acceptors (Lipinski definition) is 3. The molecule has 7 heteroatoms. The minimum Gasteiger partial charge on any atom is -0.354 e. The monoisotopic (exact) mass is 447 g/mol. The van der Waals surface area contributed by atoms with Gasteiger partial charge in [0.2, 0.25) is 11.8 Å². The fraction of sp³-hybridized carbons (Fsp3) is 0.192. The van der Waals surface area contributed by atoms with Crippen LogP contribution < -0.4 is 16.0 Å². The molecule has 0 aromatic heterocycles. The van der Waals surface area contributed by atoms with Crippen LogP contribution in [0.2, 0.25) is 0 Å². The molecule has 3 rings (SSSR count). The Bertz CT molecular complexity index is 1070. The molecule has 0 aliphatic heterocycles. The molecular weight excluding hydrogens is 421 g/mol. The first kappa shape index (κ1) is 23.7. The third kappa shape index (κ3) is 7.88. The van der Waals surface area contributed by atoms with Crippen molar-refractivity contribution in [2.75, 3.05) is 13.1 Å². The van der Waals surface area contributed by atoms with Gasteiger partial charge < -0.3 is 16.0 Å². The van der Waals surface area contributed by atoms with E-state index < -0.39 is 11.9 Å². The molecule has 0 aliphatic rings. The topological polar surface area (TPSA) is 87.3 Å². The van der Waals surface area contributed by atoms with E-state index in [2.05, 4.69) is 16.0 Å². The maximum Gasteiger partial charge on any atom is 0.251 e. The van der Waals surface area contributed by atoms with Crippen molar-refractivity contribution in [3.63, 3.8) is 0 Å². The molecule has 0 spiro atoms. The molecule has 3 aromatic rings. The third-order valence-electron chi connectivity index (χ3n) is 4.94. The first-order chi connectivity index (χ1) is 16.0. The van der Waals surface area contributed by atoms with Gasteiger partial charge in [-0.2, -0.15) is 0 Å². The highest BCUT2D eigenvalue weighted by Gasteiger charge is 2.21. The van der Waals surface area contributed by atoms with Crippen LogP contribution in [0.15, 0.2) is 84.9 Å². The van der Waals surface area contributed by atoms with Gasteiger partial charge in [-0.1, -0.05) is 60.7 Å². The average Bonchev–Trinajstić information content (AvgIpc) is 2.82. The second kappa shape index (κ2) is 12.1. The van der Waals surface area contributed by atoms with Crippen molar-refractivity contribution < 1.29 is 18.8 Å². The van der Waals surface area contributed by atoms with Gasteiger partial charge in [0.05, 0.1) is 6.42 Å². The zero-order valence-corrected chi connectivity index (χ0v) is 18.1. The lowest BCUT2D eigenvalue weighted by molar-refractivity contribution is -0.123. The molecule has 3 N–H and O–H groups in total. The van der Waals surface area contributed by atoms with Crippen LogP contribution in [-0.2, 0) is 22.4 Å². The smallest absolute Gasteiger partial charge is 0.251 e. The predicted octanol–water partition coefficient (Wildman–Crippen LogP) is 2.64. The normalized spacial score (nSPS) is 11.3. The Labute approximate surface area is 192 Å². The van der Waals surface area contributed by atoms with Gasteiger partial charge in [-0.15, -0.1) is 0 Å². The van der Waals surface area contributed by atoms with Crippen LogP contribution in [0.5, 0.6) is 0 Å². The third-order valence-corrected chi connectivity index (χ3v) is 4.94. The van der Waals surface area contributed by atoms with E-state index in [9.17, 15) is 18.8 Å². The van der Waals surface area contributed by atoms with Crippen molar-refractivity contribution >= 4 is 17.7 Å². The van der Waals surface area contributed by atoms with Gasteiger partial charge in [-0.25, -0.2) is 4.39 Å². The minimum absolute atomic E-state index is 0.0511. The van der Waals surface area contributed by atoms with Gasteiger partial charge in [0.25, 0.3) is 5.91 Å². The molecule has 33 heavy (non-hydrogen) atoms. The lowest BCUT2D eigenvalue weighted by Gasteiger charge is -2.19. The molecule has 0 fully saturated rings. The van der Waals surface area contributed by atoms with Gasteiger partial charge in [0.15, 0.2) is 0 Å². The number of hydrogen-bond donors (Lipinski definition) is 3. The van der Waals surface area contributed by atoms with Crippen molar-refractivity contribution in [3.05, 3.63) is 107 Å². The maximum absolute atomic E-state index is 13.2. The SMILES string of the molecule is O=C(Cc1cccc(F)c1)NCCNC(=O)C(Cc1ccccc1)NC(=O)c1ccccc1. The van der Waals surface area contributed by atoms with Gasteiger partial charge in [-0.05, 0) is 35.4 Å². The highest BCUT2D eigenvalue weighted by atomic mass is 19.1. The number of carbonyl (C=O) groups is 3. The number of nitrogens with one attached hydrogen (secondary N) is 3. The molecule has 0 heterocycles. The van der Waals surface area contributed by atoms with Crippen LogP contribution in [0.25, 0.3) is 0 Å². The molecule has 0 radical (unpaired) electrons. The highest BCUT2D eigenvalue weighted by molar-refractivity contribution is 5.97. The average molecular weight is 448 g/mol. The summed E-state index contributed by atoms with van der Waals surface area (Å²) < 4.78 is 13.2. The summed E-state index contributed by atoms with van der Waals surface area (Å²) in [5.41, 5.74) is 1.95. The maximum atomic E-state index is 13.2. The molecule has 1 unspecified atom stereocenters. The van der Waals surface area contributed by atoms with Crippen molar-refractivity contribution in [2.45, 2.75) is 18.9 Å². The summed E-state index contributed by atoms with van der Waals surface area (Å²) >= 11 is 0. The van der Waals surface area contributed by atoms with Gasteiger partial charge in [0, 0.05) is 25.1 Å². The first-order valence-corrected chi connectivity index (χ1v) is 10.7. The molecule has 1 atom stereocenters. The summed E-state index contributed by atoms with van der Waals surface area (Å²) in [6.45, 7) is 0.408. The van der Waals surface area contributed by atoms with E-state index in [0.29, 0.717) is 17.5 Å². The van der Waals surface area contributed by atoms with E-state index >= 15 is 0 Å². The van der Waals surface area contributed by atoms with E-state index in [1.54, 1.807) is 36.4 Å². The Kier molecular flexibility index (Phi) is 8.71. The molecule has 0 aliphatic carbocycles. The van der Waals surface area contributed by atoms with Crippen LogP contribution in [0.4, 0.5) is 4.39 Å². The fourth-order valence-corrected chi connectivity index (χ4v) is 3.30. The van der Waals surface area contributed by atoms with Crippen LogP contribution in [0.3, 0.4) is 0 Å². The van der Waals surface area contributed by atoms with Crippen LogP contribution in [-0.4, -0.2) is 36.9 Å². The van der Waals surface area contributed by atoms with Gasteiger partial charge in [-0.3, -0.25) is 14.4 Å². The van der Waals surface area contributed by atoms with E-state index in [4.69, 9.17) is 0 Å². The summed E-state index contributed by atoms with van der Waals surface area (Å²) in [6, 6.07) is 23.2. The number of halogens is 1. The summed E-state index contributed by atoms with van der Waals surface area (Å²) in [5, 5.41) is 8.25. The Balaban J connectivity index is 1.52. The van der Waals surface area contributed by atoms with Gasteiger partial charge >= 0.3 is 0 Å². The molecule has 0 bridgehead atoms. The second-order valence-electron chi connectivity index (χ2n) is 7.53. The Morgan fingerprint density at radius 1 is 0.758 bits per heavy atom. The quantitative estimate of drug-likeness (QED) is 0.418. The minimum atomic E-state index is -0.775. The van der Waals surface area contributed by atoms with Crippen LogP contribution >= 0.6 is 0 Å². The molecule has 3 amide bonds. The predicted molar refractivity (Wildman–Crippen MR) is 124 cm³/mol. The van der Waals surface area contributed by atoms with Crippen molar-refractivity contribution in [3.8, 4) is 0 Å². The van der Waals surface area contributed by atoms with E-state index in [1.807, 2.05) is 36.4 Å². The zero-order valence-electron chi connectivity index (χ0n) is 18.1. The summed E-state index contributed by atoms with van der Waals surface area (Å²) in [4.78, 5) is 37.4. The summed E-state index contributed by atoms with van der Waals surface area (Å²) in [5.74, 6) is -1.35. The Morgan fingerprint density at radius 2 is 1.39 bits per heavy atom. The van der Waals surface area contributed by atoms with E-state index in [0.717, 1.165) is 5.56 Å². The van der Waals surface area contributed by atoms with Crippen molar-refractivity contribution in [1.29, 1.82) is 0 Å². The molecule has 3 aromatic carbocycles. The van der Waals surface area contributed by atoms with Crippen LogP contribution in [0, 0.1) is 5.82 Å². The first-order valence-electron chi connectivity index (χ1n) is 10.7. The van der Waals surface area contributed by atoms with E-state index in [1.165, 1.54) is 12.1 Å². The fourth-order valence-electron chi connectivity index (χ4n) is 3.30. The molecule has 0 saturated carbocycles. The molecule has 0 saturated heterocycles. The number of amides is 3.